The molecule has 0 saturated carbocycles. The van der Waals surface area contributed by atoms with Gasteiger partial charge in [0, 0.05) is 37.2 Å². The molecule has 6 heteroatoms. The van der Waals surface area contributed by atoms with Crippen molar-refractivity contribution in [2.24, 2.45) is 0 Å². The number of benzene rings is 1. The molecule has 1 N–H and O–H groups in total. The highest BCUT2D eigenvalue weighted by molar-refractivity contribution is 6.31. The first-order chi connectivity index (χ1) is 11.9. The number of carbonyl (C=O) groups excluding carboxylic acids is 1. The maximum Gasteiger partial charge on any atom is 0.253 e. The van der Waals surface area contributed by atoms with Crippen LogP contribution < -0.4 is 10.2 Å². The van der Waals surface area contributed by atoms with E-state index >= 15 is 0 Å². The van der Waals surface area contributed by atoms with Crippen molar-refractivity contribution in [3.05, 3.63) is 64.4 Å². The quantitative estimate of drug-likeness (QED) is 0.778. The Morgan fingerprint density at radius 2 is 2.00 bits per heavy atom. The summed E-state index contributed by atoms with van der Waals surface area (Å²) in [5, 5.41) is 4.44. The molecule has 25 heavy (non-hydrogen) atoms. The summed E-state index contributed by atoms with van der Waals surface area (Å²) >= 11 is 5.99. The summed E-state index contributed by atoms with van der Waals surface area (Å²) in [5.74, 6) is 0.724. The number of amides is 1. The molecule has 2 heterocycles. The van der Waals surface area contributed by atoms with E-state index in [1.165, 1.54) is 0 Å². The van der Waals surface area contributed by atoms with Gasteiger partial charge >= 0.3 is 0 Å². The molecule has 1 amide bonds. The van der Waals surface area contributed by atoms with Gasteiger partial charge in [-0.25, -0.2) is 4.98 Å². The van der Waals surface area contributed by atoms with Crippen LogP contribution in [0.1, 0.15) is 21.6 Å². The van der Waals surface area contributed by atoms with Crippen LogP contribution in [0.3, 0.4) is 0 Å². The lowest BCUT2D eigenvalue weighted by Gasteiger charge is -2.12. The fraction of sp³-hybridized carbons (Fsp3) is 0.211. The highest BCUT2D eigenvalue weighted by Crippen LogP contribution is 2.20. The molecule has 0 radical (unpaired) electrons. The number of rotatable bonds is 4. The minimum atomic E-state index is -0.154. The maximum absolute atomic E-state index is 12.5. The van der Waals surface area contributed by atoms with Gasteiger partial charge in [-0.2, -0.15) is 0 Å². The zero-order valence-corrected chi connectivity index (χ0v) is 15.1. The van der Waals surface area contributed by atoms with Gasteiger partial charge in [0.2, 0.25) is 0 Å². The van der Waals surface area contributed by atoms with Crippen LogP contribution in [0, 0.1) is 6.92 Å². The van der Waals surface area contributed by atoms with E-state index in [4.69, 9.17) is 11.6 Å². The van der Waals surface area contributed by atoms with Crippen LogP contribution in [0.5, 0.6) is 0 Å². The predicted molar refractivity (Wildman–Crippen MR) is 101 cm³/mol. The molecule has 0 unspecified atom stereocenters. The standard InChI is InChI=1S/C19H19ClN4O/c1-12-16(8-14-5-6-15(20)9-17(14)23-12)19(25)22-11-13-4-7-18(21-10-13)24(2)3/h4-10H,11H2,1-3H3,(H,22,25). The molecule has 0 aliphatic heterocycles. The summed E-state index contributed by atoms with van der Waals surface area (Å²) in [6, 6.07) is 11.2. The van der Waals surface area contributed by atoms with Crippen molar-refractivity contribution in [3.63, 3.8) is 0 Å². The van der Waals surface area contributed by atoms with E-state index in [1.54, 1.807) is 18.3 Å². The molecule has 1 aromatic carbocycles. The summed E-state index contributed by atoms with van der Waals surface area (Å²) in [5.41, 5.74) is 2.96. The molecular formula is C19H19ClN4O. The van der Waals surface area contributed by atoms with Crippen LogP contribution in [0.4, 0.5) is 5.82 Å². The van der Waals surface area contributed by atoms with Gasteiger partial charge in [0.15, 0.2) is 0 Å². The van der Waals surface area contributed by atoms with E-state index in [2.05, 4.69) is 15.3 Å². The lowest BCUT2D eigenvalue weighted by atomic mass is 10.1. The second kappa shape index (κ2) is 7.07. The Hall–Kier alpha value is -2.66. The number of hydrogen-bond donors (Lipinski definition) is 1. The SMILES string of the molecule is Cc1nc2cc(Cl)ccc2cc1C(=O)NCc1ccc(N(C)C)nc1. The molecule has 0 aliphatic rings. The Balaban J connectivity index is 1.75. The van der Waals surface area contributed by atoms with Crippen molar-refractivity contribution in [1.82, 2.24) is 15.3 Å². The average molecular weight is 355 g/mol. The maximum atomic E-state index is 12.5. The number of pyridine rings is 2. The van der Waals surface area contributed by atoms with Gasteiger partial charge in [-0.05, 0) is 36.8 Å². The molecule has 3 aromatic rings. The third-order valence-corrected chi connectivity index (χ3v) is 4.17. The third-order valence-electron chi connectivity index (χ3n) is 3.94. The molecule has 5 nitrogen and oxygen atoms in total. The fourth-order valence-electron chi connectivity index (χ4n) is 2.53. The van der Waals surface area contributed by atoms with Crippen molar-refractivity contribution in [3.8, 4) is 0 Å². The molecule has 0 fully saturated rings. The zero-order chi connectivity index (χ0) is 18.0. The molecule has 0 spiro atoms. The number of aromatic nitrogens is 2. The topological polar surface area (TPSA) is 58.1 Å². The van der Waals surface area contributed by atoms with Gasteiger partial charge in [0.05, 0.1) is 16.8 Å². The normalized spacial score (nSPS) is 10.7. The monoisotopic (exact) mass is 354 g/mol. The zero-order valence-electron chi connectivity index (χ0n) is 14.4. The van der Waals surface area contributed by atoms with Crippen LogP contribution in [0.25, 0.3) is 10.9 Å². The minimum Gasteiger partial charge on any atom is -0.363 e. The van der Waals surface area contributed by atoms with Crippen molar-refractivity contribution in [1.29, 1.82) is 0 Å². The molecule has 0 bridgehead atoms. The van der Waals surface area contributed by atoms with Crippen LogP contribution in [0.15, 0.2) is 42.6 Å². The molecule has 0 saturated heterocycles. The largest absolute Gasteiger partial charge is 0.363 e. The van der Waals surface area contributed by atoms with Crippen molar-refractivity contribution in [2.45, 2.75) is 13.5 Å². The summed E-state index contributed by atoms with van der Waals surface area (Å²) in [6.45, 7) is 2.24. The first kappa shape index (κ1) is 17.2. The molecule has 3 rings (SSSR count). The summed E-state index contributed by atoms with van der Waals surface area (Å²) < 4.78 is 0. The molecular weight excluding hydrogens is 336 g/mol. The number of carbonyl (C=O) groups is 1. The first-order valence-corrected chi connectivity index (χ1v) is 8.29. The number of hydrogen-bond acceptors (Lipinski definition) is 4. The number of fused-ring (bicyclic) bond motifs is 1. The molecule has 128 valence electrons. The lowest BCUT2D eigenvalue weighted by Crippen LogP contribution is -2.24. The van der Waals surface area contributed by atoms with Gasteiger partial charge in [-0.3, -0.25) is 9.78 Å². The van der Waals surface area contributed by atoms with Gasteiger partial charge < -0.3 is 10.2 Å². The van der Waals surface area contributed by atoms with Gasteiger partial charge in [0.25, 0.3) is 5.91 Å². The van der Waals surface area contributed by atoms with Crippen molar-refractivity contribution < 1.29 is 4.79 Å². The van der Waals surface area contributed by atoms with E-state index in [-0.39, 0.29) is 5.91 Å². The molecule has 2 aromatic heterocycles. The number of anilines is 1. The van der Waals surface area contributed by atoms with Crippen LogP contribution >= 0.6 is 11.6 Å². The molecule has 0 aliphatic carbocycles. The lowest BCUT2D eigenvalue weighted by molar-refractivity contribution is 0.0950. The smallest absolute Gasteiger partial charge is 0.253 e. The number of nitrogens with zero attached hydrogens (tertiary/aromatic N) is 3. The second-order valence-corrected chi connectivity index (χ2v) is 6.50. The Morgan fingerprint density at radius 1 is 1.20 bits per heavy atom. The fourth-order valence-corrected chi connectivity index (χ4v) is 2.70. The Kier molecular flexibility index (Phi) is 4.86. The van der Waals surface area contributed by atoms with E-state index in [0.717, 1.165) is 22.3 Å². The van der Waals surface area contributed by atoms with Gasteiger partial charge in [0.1, 0.15) is 5.82 Å². The van der Waals surface area contributed by atoms with E-state index < -0.39 is 0 Å². The van der Waals surface area contributed by atoms with E-state index in [0.29, 0.717) is 22.8 Å². The van der Waals surface area contributed by atoms with Gasteiger partial charge in [-0.1, -0.05) is 23.7 Å². The van der Waals surface area contributed by atoms with E-state index in [1.807, 2.05) is 50.2 Å². The number of nitrogens with one attached hydrogen (secondary N) is 1. The van der Waals surface area contributed by atoms with Crippen LogP contribution in [0.2, 0.25) is 5.02 Å². The van der Waals surface area contributed by atoms with Crippen LogP contribution in [-0.4, -0.2) is 30.0 Å². The van der Waals surface area contributed by atoms with Crippen molar-refractivity contribution >= 4 is 34.2 Å². The Labute approximate surface area is 151 Å². The summed E-state index contributed by atoms with van der Waals surface area (Å²) in [4.78, 5) is 23.3. The molecule has 0 atom stereocenters. The number of aryl methyl sites for hydroxylation is 1. The van der Waals surface area contributed by atoms with Crippen molar-refractivity contribution in [2.75, 3.05) is 19.0 Å². The average Bonchev–Trinajstić information content (AvgIpc) is 2.59. The summed E-state index contributed by atoms with van der Waals surface area (Å²) in [6.07, 6.45) is 1.77. The summed E-state index contributed by atoms with van der Waals surface area (Å²) in [7, 11) is 3.87. The van der Waals surface area contributed by atoms with E-state index in [9.17, 15) is 4.79 Å². The highest BCUT2D eigenvalue weighted by atomic mass is 35.5. The second-order valence-electron chi connectivity index (χ2n) is 6.06. The third kappa shape index (κ3) is 3.88. The number of halogens is 1. The van der Waals surface area contributed by atoms with Crippen LogP contribution in [-0.2, 0) is 6.54 Å². The first-order valence-electron chi connectivity index (χ1n) is 7.91. The Bertz CT molecular complexity index is 923. The van der Waals surface area contributed by atoms with Gasteiger partial charge in [-0.15, -0.1) is 0 Å². The highest BCUT2D eigenvalue weighted by Gasteiger charge is 2.12. The Morgan fingerprint density at radius 3 is 2.68 bits per heavy atom. The minimum absolute atomic E-state index is 0.154. The predicted octanol–water partition coefficient (Wildman–Crippen LogP) is 3.59.